The van der Waals surface area contributed by atoms with Crippen molar-refractivity contribution in [2.45, 2.75) is 31.7 Å². The Morgan fingerprint density at radius 1 is 1.21 bits per heavy atom. The van der Waals surface area contributed by atoms with E-state index < -0.39 is 18.7 Å². The lowest BCUT2D eigenvalue weighted by Gasteiger charge is -2.23. The smallest absolute Gasteiger partial charge is 0.304 e. The number of halogens is 3. The molecule has 2 aromatic heterocycles. The number of amides is 1. The first-order valence-corrected chi connectivity index (χ1v) is 8.54. The quantitative estimate of drug-likeness (QED) is 0.741. The van der Waals surface area contributed by atoms with Gasteiger partial charge in [0.1, 0.15) is 17.1 Å². The lowest BCUT2D eigenvalue weighted by Crippen LogP contribution is -2.29. The Labute approximate surface area is 158 Å². The SMILES string of the molecule is O=C(Nc1cnccc1OC(F)C(F)F)c1ccnc(NC2CCOCC2)n1. The van der Waals surface area contributed by atoms with E-state index >= 15 is 0 Å². The second-order valence-corrected chi connectivity index (χ2v) is 5.93. The van der Waals surface area contributed by atoms with Gasteiger partial charge in [-0.15, -0.1) is 0 Å². The lowest BCUT2D eigenvalue weighted by atomic mass is 10.1. The standard InChI is InChI=1S/C17H18F3N5O3/c18-14(19)15(20)28-13-2-5-21-9-12(13)24-16(26)11-1-6-22-17(25-11)23-10-3-7-27-8-4-10/h1-2,5-6,9-10,14-15H,3-4,7-8H2,(H,24,26)(H,22,23,25). The summed E-state index contributed by atoms with van der Waals surface area (Å²) in [5.41, 5.74) is -0.0293. The summed E-state index contributed by atoms with van der Waals surface area (Å²) >= 11 is 0. The minimum Gasteiger partial charge on any atom is -0.452 e. The van der Waals surface area contributed by atoms with Crippen molar-refractivity contribution in [2.75, 3.05) is 23.8 Å². The summed E-state index contributed by atoms with van der Waals surface area (Å²) in [6.45, 7) is 1.27. The Kier molecular flexibility index (Phi) is 6.58. The Hall–Kier alpha value is -2.95. The number of rotatable bonds is 7. The molecule has 11 heteroatoms. The molecule has 0 aromatic carbocycles. The minimum absolute atomic E-state index is 0.0324. The fraction of sp³-hybridized carbons (Fsp3) is 0.412. The van der Waals surface area contributed by atoms with Crippen LogP contribution in [0.2, 0.25) is 0 Å². The zero-order valence-corrected chi connectivity index (χ0v) is 14.6. The minimum atomic E-state index is -3.32. The molecule has 2 aromatic rings. The van der Waals surface area contributed by atoms with E-state index in [0.717, 1.165) is 19.0 Å². The third-order valence-electron chi connectivity index (χ3n) is 3.91. The Bertz CT molecular complexity index is 805. The highest BCUT2D eigenvalue weighted by atomic mass is 19.3. The highest BCUT2D eigenvalue weighted by Gasteiger charge is 2.23. The summed E-state index contributed by atoms with van der Waals surface area (Å²) in [6, 6.07) is 2.70. The van der Waals surface area contributed by atoms with Gasteiger partial charge in [0.2, 0.25) is 5.95 Å². The van der Waals surface area contributed by atoms with Gasteiger partial charge >= 0.3 is 6.43 Å². The van der Waals surface area contributed by atoms with Crippen LogP contribution in [0.5, 0.6) is 5.75 Å². The Balaban J connectivity index is 1.69. The van der Waals surface area contributed by atoms with Gasteiger partial charge in [0.05, 0.1) is 6.20 Å². The van der Waals surface area contributed by atoms with Gasteiger partial charge in [0.15, 0.2) is 0 Å². The van der Waals surface area contributed by atoms with Crippen molar-refractivity contribution in [1.82, 2.24) is 15.0 Å². The first-order chi connectivity index (χ1) is 13.5. The van der Waals surface area contributed by atoms with E-state index in [1.807, 2.05) is 0 Å². The van der Waals surface area contributed by atoms with Crippen LogP contribution >= 0.6 is 0 Å². The van der Waals surface area contributed by atoms with Crippen molar-refractivity contribution in [3.63, 3.8) is 0 Å². The molecule has 1 fully saturated rings. The molecule has 3 heterocycles. The third kappa shape index (κ3) is 5.28. The van der Waals surface area contributed by atoms with E-state index in [2.05, 4.69) is 30.3 Å². The average molecular weight is 397 g/mol. The number of hydrogen-bond acceptors (Lipinski definition) is 7. The molecule has 1 atom stereocenters. The van der Waals surface area contributed by atoms with E-state index in [1.165, 1.54) is 24.5 Å². The topological polar surface area (TPSA) is 98.3 Å². The third-order valence-corrected chi connectivity index (χ3v) is 3.91. The monoisotopic (exact) mass is 397 g/mol. The maximum atomic E-state index is 13.2. The normalized spacial score (nSPS) is 15.9. The number of anilines is 2. The van der Waals surface area contributed by atoms with Gasteiger partial charge in [-0.25, -0.2) is 18.7 Å². The van der Waals surface area contributed by atoms with Crippen molar-refractivity contribution in [2.24, 2.45) is 0 Å². The molecule has 8 nitrogen and oxygen atoms in total. The maximum Gasteiger partial charge on any atom is 0.304 e. The number of ether oxygens (including phenoxy) is 2. The molecule has 3 rings (SSSR count). The van der Waals surface area contributed by atoms with Gasteiger partial charge < -0.3 is 20.1 Å². The van der Waals surface area contributed by atoms with Gasteiger partial charge in [-0.2, -0.15) is 4.39 Å². The second-order valence-electron chi connectivity index (χ2n) is 5.93. The van der Waals surface area contributed by atoms with Gasteiger partial charge in [-0.1, -0.05) is 0 Å². The number of nitrogens with zero attached hydrogens (tertiary/aromatic N) is 3. The molecule has 1 amide bonds. The van der Waals surface area contributed by atoms with Crippen LogP contribution in [0.1, 0.15) is 23.3 Å². The molecule has 1 aliphatic heterocycles. The molecule has 0 bridgehead atoms. The molecular formula is C17H18F3N5O3. The van der Waals surface area contributed by atoms with Crippen LogP contribution in [0.4, 0.5) is 24.8 Å². The van der Waals surface area contributed by atoms with Crippen LogP contribution in [-0.4, -0.2) is 52.9 Å². The van der Waals surface area contributed by atoms with Crippen LogP contribution in [-0.2, 0) is 4.74 Å². The summed E-state index contributed by atoms with van der Waals surface area (Å²) in [7, 11) is 0. The highest BCUT2D eigenvalue weighted by molar-refractivity contribution is 6.03. The highest BCUT2D eigenvalue weighted by Crippen LogP contribution is 2.26. The van der Waals surface area contributed by atoms with Crippen LogP contribution in [0.25, 0.3) is 0 Å². The molecule has 2 N–H and O–H groups in total. The molecule has 1 unspecified atom stereocenters. The molecule has 0 saturated carbocycles. The number of carbonyl (C=O) groups is 1. The van der Waals surface area contributed by atoms with Crippen LogP contribution in [0.15, 0.2) is 30.7 Å². The molecule has 0 spiro atoms. The van der Waals surface area contributed by atoms with Crippen LogP contribution in [0.3, 0.4) is 0 Å². The molecule has 28 heavy (non-hydrogen) atoms. The first-order valence-electron chi connectivity index (χ1n) is 8.54. The van der Waals surface area contributed by atoms with Crippen LogP contribution < -0.4 is 15.4 Å². The van der Waals surface area contributed by atoms with Gasteiger partial charge in [-0.3, -0.25) is 9.78 Å². The number of alkyl halides is 3. The number of nitrogens with one attached hydrogen (secondary N) is 2. The van der Waals surface area contributed by atoms with Crippen molar-refractivity contribution in [3.8, 4) is 5.75 Å². The van der Waals surface area contributed by atoms with Gasteiger partial charge in [0, 0.05) is 37.7 Å². The largest absolute Gasteiger partial charge is 0.452 e. The molecule has 0 radical (unpaired) electrons. The number of aromatic nitrogens is 3. The lowest BCUT2D eigenvalue weighted by molar-refractivity contribution is -0.0665. The van der Waals surface area contributed by atoms with E-state index in [0.29, 0.717) is 13.2 Å². The number of pyridine rings is 1. The Morgan fingerprint density at radius 2 is 2.00 bits per heavy atom. The summed E-state index contributed by atoms with van der Waals surface area (Å²) in [5, 5.41) is 5.56. The van der Waals surface area contributed by atoms with E-state index in [9.17, 15) is 18.0 Å². The van der Waals surface area contributed by atoms with Crippen molar-refractivity contribution in [1.29, 1.82) is 0 Å². The second kappa shape index (κ2) is 9.31. The van der Waals surface area contributed by atoms with Crippen molar-refractivity contribution < 1.29 is 27.4 Å². The van der Waals surface area contributed by atoms with E-state index in [1.54, 1.807) is 0 Å². The van der Waals surface area contributed by atoms with E-state index in [4.69, 9.17) is 4.74 Å². The average Bonchev–Trinajstić information content (AvgIpc) is 2.70. The van der Waals surface area contributed by atoms with Gasteiger partial charge in [-0.05, 0) is 18.9 Å². The van der Waals surface area contributed by atoms with Gasteiger partial charge in [0.25, 0.3) is 12.3 Å². The summed E-state index contributed by atoms with van der Waals surface area (Å²) in [6.07, 6.45) is -0.754. The fourth-order valence-electron chi connectivity index (χ4n) is 2.52. The summed E-state index contributed by atoms with van der Waals surface area (Å²) in [5.74, 6) is -0.641. The Morgan fingerprint density at radius 3 is 2.75 bits per heavy atom. The molecule has 150 valence electrons. The maximum absolute atomic E-state index is 13.2. The number of carbonyl (C=O) groups excluding carboxylic acids is 1. The van der Waals surface area contributed by atoms with Crippen molar-refractivity contribution in [3.05, 3.63) is 36.4 Å². The number of hydrogen-bond donors (Lipinski definition) is 2. The molecule has 0 aliphatic carbocycles. The predicted molar refractivity (Wildman–Crippen MR) is 93.2 cm³/mol. The summed E-state index contributed by atoms with van der Waals surface area (Å²) < 4.78 is 47.8. The fourth-order valence-corrected chi connectivity index (χ4v) is 2.52. The summed E-state index contributed by atoms with van der Waals surface area (Å²) in [4.78, 5) is 24.5. The zero-order valence-electron chi connectivity index (χ0n) is 14.6. The first kappa shape index (κ1) is 19.8. The van der Waals surface area contributed by atoms with Crippen molar-refractivity contribution >= 4 is 17.5 Å². The molecular weight excluding hydrogens is 379 g/mol. The predicted octanol–water partition coefficient (Wildman–Crippen LogP) is 2.65. The zero-order chi connectivity index (χ0) is 19.9. The molecule has 1 saturated heterocycles. The van der Waals surface area contributed by atoms with E-state index in [-0.39, 0.29) is 29.1 Å². The van der Waals surface area contributed by atoms with Crippen LogP contribution in [0, 0.1) is 0 Å². The molecule has 1 aliphatic rings.